The van der Waals surface area contributed by atoms with Crippen LogP contribution in [0.4, 0.5) is 0 Å². The lowest BCUT2D eigenvalue weighted by atomic mass is 9.68. The molecule has 2 aliphatic carbocycles. The van der Waals surface area contributed by atoms with Crippen molar-refractivity contribution in [1.82, 2.24) is 19.2 Å². The van der Waals surface area contributed by atoms with Crippen molar-refractivity contribution in [2.24, 2.45) is 5.92 Å². The van der Waals surface area contributed by atoms with Gasteiger partial charge in [0.1, 0.15) is 0 Å². The van der Waals surface area contributed by atoms with E-state index in [-0.39, 0.29) is 11.0 Å². The second kappa shape index (κ2) is 8.98. The van der Waals surface area contributed by atoms with E-state index < -0.39 is 0 Å². The molecule has 0 amide bonds. The molecule has 0 atom stereocenters. The van der Waals surface area contributed by atoms with E-state index in [9.17, 15) is 4.79 Å². The average molecular weight is 485 g/mol. The maximum atomic E-state index is 14.4. The van der Waals surface area contributed by atoms with Crippen molar-refractivity contribution in [1.29, 1.82) is 0 Å². The first-order chi connectivity index (χ1) is 17.1. The Labute approximate surface area is 210 Å². The molecule has 2 aliphatic rings. The van der Waals surface area contributed by atoms with Crippen molar-refractivity contribution >= 4 is 17.5 Å². The smallest absolute Gasteiger partial charge is 0.259 e. The molecule has 0 bridgehead atoms. The van der Waals surface area contributed by atoms with Gasteiger partial charge in [-0.15, -0.1) is 10.2 Å². The van der Waals surface area contributed by atoms with E-state index >= 15 is 0 Å². The van der Waals surface area contributed by atoms with Crippen molar-refractivity contribution in [3.63, 3.8) is 0 Å². The number of aromatic nitrogens is 4. The fourth-order valence-corrected chi connectivity index (χ4v) is 7.20. The predicted molar refractivity (Wildman–Crippen MR) is 142 cm³/mol. The highest BCUT2D eigenvalue weighted by Crippen LogP contribution is 2.50. The highest BCUT2D eigenvalue weighted by molar-refractivity contribution is 7.99. The molecular weight excluding hydrogens is 452 g/mol. The first-order valence-corrected chi connectivity index (χ1v) is 13.8. The Balaban J connectivity index is 1.64. The fourth-order valence-electron chi connectivity index (χ4n) is 6.03. The Morgan fingerprint density at radius 3 is 2.51 bits per heavy atom. The number of hydrogen-bond acceptors (Lipinski definition) is 4. The van der Waals surface area contributed by atoms with Crippen LogP contribution in [-0.2, 0) is 18.4 Å². The molecule has 6 heteroatoms. The lowest BCUT2D eigenvalue weighted by molar-refractivity contribution is 0.421. The monoisotopic (exact) mass is 484 g/mol. The summed E-state index contributed by atoms with van der Waals surface area (Å²) in [5.74, 6) is 2.27. The molecule has 6 rings (SSSR count). The van der Waals surface area contributed by atoms with Gasteiger partial charge < -0.3 is 0 Å². The summed E-state index contributed by atoms with van der Waals surface area (Å²) in [4.78, 5) is 14.4. The zero-order valence-electron chi connectivity index (χ0n) is 20.5. The molecule has 5 nitrogen and oxygen atoms in total. The minimum absolute atomic E-state index is 0.0997. The van der Waals surface area contributed by atoms with Crippen LogP contribution in [0.15, 0.2) is 64.5 Å². The standard InChI is InChI=1S/C29H32N4OS/c1-20(2)14-17-35-28-31-30-27-32(19-21-10-4-3-5-11-21)26(34)24-25(33(27)28)23-13-7-6-12-22(23)18-29(24)15-8-9-16-29/h3-7,10-13,20H,8-9,14-19H2,1-2H3. The molecule has 180 valence electrons. The van der Waals surface area contributed by atoms with Gasteiger partial charge in [0.05, 0.1) is 12.2 Å². The minimum Gasteiger partial charge on any atom is -0.272 e. The Morgan fingerprint density at radius 1 is 1.00 bits per heavy atom. The Kier molecular flexibility index (Phi) is 5.79. The van der Waals surface area contributed by atoms with Gasteiger partial charge in [0.2, 0.25) is 5.78 Å². The zero-order valence-corrected chi connectivity index (χ0v) is 21.4. The van der Waals surface area contributed by atoms with Gasteiger partial charge in [-0.3, -0.25) is 13.8 Å². The van der Waals surface area contributed by atoms with Gasteiger partial charge >= 0.3 is 0 Å². The second-order valence-corrected chi connectivity index (χ2v) is 11.6. The van der Waals surface area contributed by atoms with Gasteiger partial charge in [-0.05, 0) is 42.7 Å². The maximum absolute atomic E-state index is 14.4. The van der Waals surface area contributed by atoms with Crippen LogP contribution in [0.1, 0.15) is 62.6 Å². The van der Waals surface area contributed by atoms with Crippen LogP contribution in [0, 0.1) is 5.92 Å². The molecule has 0 N–H and O–H groups in total. The van der Waals surface area contributed by atoms with E-state index in [0.29, 0.717) is 18.2 Å². The summed E-state index contributed by atoms with van der Waals surface area (Å²) in [5, 5.41) is 10.2. The van der Waals surface area contributed by atoms with Crippen LogP contribution < -0.4 is 5.56 Å². The second-order valence-electron chi connectivity index (χ2n) is 10.6. The number of hydrogen-bond donors (Lipinski definition) is 0. The highest BCUT2D eigenvalue weighted by atomic mass is 32.2. The van der Waals surface area contributed by atoms with E-state index in [1.54, 1.807) is 11.8 Å². The quantitative estimate of drug-likeness (QED) is 0.310. The van der Waals surface area contributed by atoms with Crippen molar-refractivity contribution in [3.8, 4) is 11.3 Å². The van der Waals surface area contributed by atoms with Crippen LogP contribution in [0.3, 0.4) is 0 Å². The zero-order chi connectivity index (χ0) is 24.0. The van der Waals surface area contributed by atoms with E-state index in [2.05, 4.69) is 64.8 Å². The number of thioether (sulfide) groups is 1. The molecule has 2 aromatic heterocycles. The number of nitrogens with zero attached hydrogens (tertiary/aromatic N) is 4. The van der Waals surface area contributed by atoms with E-state index in [1.807, 2.05) is 22.8 Å². The predicted octanol–water partition coefficient (Wildman–Crippen LogP) is 6.11. The summed E-state index contributed by atoms with van der Waals surface area (Å²) in [6.45, 7) is 5.01. The van der Waals surface area contributed by atoms with E-state index in [1.165, 1.54) is 24.0 Å². The van der Waals surface area contributed by atoms with Crippen LogP contribution in [0.2, 0.25) is 0 Å². The molecule has 0 saturated heterocycles. The third-order valence-electron chi connectivity index (χ3n) is 7.78. The Morgan fingerprint density at radius 2 is 1.74 bits per heavy atom. The molecule has 2 heterocycles. The summed E-state index contributed by atoms with van der Waals surface area (Å²) in [6.07, 6.45) is 6.55. The minimum atomic E-state index is -0.0997. The summed E-state index contributed by atoms with van der Waals surface area (Å²) >= 11 is 1.76. The number of fused-ring (bicyclic) bond motifs is 6. The van der Waals surface area contributed by atoms with Gasteiger partial charge in [0.15, 0.2) is 5.16 Å². The van der Waals surface area contributed by atoms with Gasteiger partial charge in [-0.25, -0.2) is 0 Å². The average Bonchev–Trinajstić information content (AvgIpc) is 3.49. The molecule has 4 aromatic rings. The third-order valence-corrected chi connectivity index (χ3v) is 8.74. The van der Waals surface area contributed by atoms with Crippen molar-refractivity contribution in [2.75, 3.05) is 5.75 Å². The first kappa shape index (κ1) is 22.6. The first-order valence-electron chi connectivity index (χ1n) is 12.8. The van der Waals surface area contributed by atoms with Crippen LogP contribution in [0.25, 0.3) is 17.0 Å². The summed E-state index contributed by atoms with van der Waals surface area (Å²) in [5.41, 5.74) is 5.65. The number of rotatable bonds is 6. The Hall–Kier alpha value is -2.86. The molecule has 0 aliphatic heterocycles. The van der Waals surface area contributed by atoms with Gasteiger partial charge in [-0.1, -0.05) is 93.0 Å². The van der Waals surface area contributed by atoms with Crippen LogP contribution in [-0.4, -0.2) is 24.9 Å². The van der Waals surface area contributed by atoms with E-state index in [0.717, 1.165) is 53.4 Å². The van der Waals surface area contributed by atoms with Crippen molar-refractivity contribution in [2.45, 2.75) is 69.5 Å². The van der Waals surface area contributed by atoms with Gasteiger partial charge in [0.25, 0.3) is 5.56 Å². The molecule has 1 fully saturated rings. The summed E-state index contributed by atoms with van der Waals surface area (Å²) in [7, 11) is 0. The normalized spacial score (nSPS) is 16.2. The molecule has 0 unspecified atom stereocenters. The molecular formula is C29H32N4OS. The van der Waals surface area contributed by atoms with Crippen LogP contribution >= 0.6 is 11.8 Å². The summed E-state index contributed by atoms with van der Waals surface area (Å²) in [6, 6.07) is 18.9. The fraction of sp³-hybridized carbons (Fsp3) is 0.414. The largest absolute Gasteiger partial charge is 0.272 e. The highest BCUT2D eigenvalue weighted by Gasteiger charge is 2.45. The topological polar surface area (TPSA) is 52.2 Å². The lowest BCUT2D eigenvalue weighted by Gasteiger charge is -2.37. The van der Waals surface area contributed by atoms with Gasteiger partial charge in [0, 0.05) is 22.3 Å². The maximum Gasteiger partial charge on any atom is 0.259 e. The SMILES string of the molecule is CC(C)CCSc1nnc2n(Cc3ccccc3)c(=O)c3c(n12)-c1ccccc1CC31CCCC1. The van der Waals surface area contributed by atoms with Crippen molar-refractivity contribution < 1.29 is 0 Å². The number of benzene rings is 2. The molecule has 1 spiro atoms. The lowest BCUT2D eigenvalue weighted by Crippen LogP contribution is -2.40. The molecule has 0 radical (unpaired) electrons. The van der Waals surface area contributed by atoms with Gasteiger partial charge in [-0.2, -0.15) is 0 Å². The molecule has 1 saturated carbocycles. The molecule has 35 heavy (non-hydrogen) atoms. The summed E-state index contributed by atoms with van der Waals surface area (Å²) < 4.78 is 4.09. The van der Waals surface area contributed by atoms with E-state index in [4.69, 9.17) is 0 Å². The third kappa shape index (κ3) is 3.83. The Bertz CT molecular complexity index is 1430. The van der Waals surface area contributed by atoms with Crippen molar-refractivity contribution in [3.05, 3.63) is 81.6 Å². The molecule has 2 aromatic carbocycles. The van der Waals surface area contributed by atoms with Crippen LogP contribution in [0.5, 0.6) is 0 Å².